The van der Waals surface area contributed by atoms with Crippen LogP contribution in [-0.4, -0.2) is 41.4 Å². The van der Waals surface area contributed by atoms with E-state index in [0.717, 1.165) is 25.7 Å². The molecule has 1 N–H and O–H groups in total. The molecule has 1 saturated heterocycles. The summed E-state index contributed by atoms with van der Waals surface area (Å²) in [4.78, 5) is 40.8. The minimum atomic E-state index is -0.402. The number of benzene rings is 1. The van der Waals surface area contributed by atoms with Crippen LogP contribution in [0.25, 0.3) is 0 Å². The molecular formula is C26H34N2O4. The molecule has 2 amide bonds. The van der Waals surface area contributed by atoms with Crippen molar-refractivity contribution in [1.29, 1.82) is 0 Å². The molecule has 32 heavy (non-hydrogen) atoms. The van der Waals surface area contributed by atoms with Gasteiger partial charge in [-0.1, -0.05) is 0 Å². The molecule has 0 spiro atoms. The SMILES string of the molecule is CC(C)OC(=O)c1ccc(NC(=O)[C@@H]2CCCN2C(=O)C23CC4CC(CC(C4)C2)C3)cc1. The third-order valence-electron chi connectivity index (χ3n) is 8.04. The first kappa shape index (κ1) is 21.5. The summed E-state index contributed by atoms with van der Waals surface area (Å²) in [6.45, 7) is 4.30. The predicted octanol–water partition coefficient (Wildman–Crippen LogP) is 4.40. The van der Waals surface area contributed by atoms with Gasteiger partial charge in [-0.05, 0) is 107 Å². The van der Waals surface area contributed by atoms with Gasteiger partial charge in [0.05, 0.1) is 17.1 Å². The molecule has 4 bridgehead atoms. The highest BCUT2D eigenvalue weighted by molar-refractivity contribution is 5.99. The molecule has 1 atom stereocenters. The number of likely N-dealkylation sites (tertiary alicyclic amines) is 1. The molecule has 1 aromatic carbocycles. The molecule has 0 unspecified atom stereocenters. The summed E-state index contributed by atoms with van der Waals surface area (Å²) in [6, 6.07) is 6.35. The smallest absolute Gasteiger partial charge is 0.338 e. The lowest BCUT2D eigenvalue weighted by Gasteiger charge is -2.56. The fourth-order valence-corrected chi connectivity index (χ4v) is 7.16. The number of nitrogens with one attached hydrogen (secondary N) is 1. The lowest BCUT2D eigenvalue weighted by molar-refractivity contribution is -0.160. The van der Waals surface area contributed by atoms with E-state index >= 15 is 0 Å². The van der Waals surface area contributed by atoms with Crippen molar-refractivity contribution in [3.63, 3.8) is 0 Å². The van der Waals surface area contributed by atoms with Crippen LogP contribution in [0.3, 0.4) is 0 Å². The molecule has 1 heterocycles. The van der Waals surface area contributed by atoms with E-state index in [1.807, 2.05) is 18.7 Å². The third-order valence-corrected chi connectivity index (χ3v) is 8.04. The fourth-order valence-electron chi connectivity index (χ4n) is 7.16. The number of anilines is 1. The van der Waals surface area contributed by atoms with Crippen molar-refractivity contribution in [2.24, 2.45) is 23.2 Å². The molecule has 1 aliphatic heterocycles. The van der Waals surface area contributed by atoms with E-state index in [9.17, 15) is 14.4 Å². The third kappa shape index (κ3) is 3.93. The highest BCUT2D eigenvalue weighted by Gasteiger charge is 2.56. The van der Waals surface area contributed by atoms with Crippen molar-refractivity contribution in [2.45, 2.75) is 77.4 Å². The molecule has 6 heteroatoms. The number of ether oxygens (including phenoxy) is 1. The first-order valence-corrected chi connectivity index (χ1v) is 12.3. The number of hydrogen-bond acceptors (Lipinski definition) is 4. The van der Waals surface area contributed by atoms with Crippen molar-refractivity contribution in [3.05, 3.63) is 29.8 Å². The summed E-state index contributed by atoms with van der Waals surface area (Å²) in [6.07, 6.45) is 8.38. The monoisotopic (exact) mass is 438 g/mol. The number of hydrogen-bond donors (Lipinski definition) is 1. The Labute approximate surface area is 190 Å². The number of amides is 2. The van der Waals surface area contributed by atoms with Crippen LogP contribution in [0.5, 0.6) is 0 Å². The topological polar surface area (TPSA) is 75.7 Å². The normalized spacial score (nSPS) is 32.9. The Kier molecular flexibility index (Phi) is 5.50. The molecule has 5 aliphatic rings. The molecule has 6 rings (SSSR count). The lowest BCUT2D eigenvalue weighted by Crippen LogP contribution is -2.56. The molecule has 1 aromatic rings. The lowest BCUT2D eigenvalue weighted by atomic mass is 9.49. The van der Waals surface area contributed by atoms with Gasteiger partial charge in [0.15, 0.2) is 0 Å². The van der Waals surface area contributed by atoms with Crippen molar-refractivity contribution in [2.75, 3.05) is 11.9 Å². The summed E-state index contributed by atoms with van der Waals surface area (Å²) in [5.41, 5.74) is 0.872. The Balaban J connectivity index is 1.25. The average molecular weight is 439 g/mol. The van der Waals surface area contributed by atoms with Gasteiger partial charge >= 0.3 is 5.97 Å². The van der Waals surface area contributed by atoms with Crippen LogP contribution in [-0.2, 0) is 14.3 Å². The first-order chi connectivity index (χ1) is 15.3. The molecule has 5 fully saturated rings. The van der Waals surface area contributed by atoms with E-state index in [-0.39, 0.29) is 29.3 Å². The van der Waals surface area contributed by atoms with Gasteiger partial charge in [-0.15, -0.1) is 0 Å². The maximum Gasteiger partial charge on any atom is 0.338 e. The van der Waals surface area contributed by atoms with Crippen LogP contribution in [0.4, 0.5) is 5.69 Å². The number of esters is 1. The zero-order valence-electron chi connectivity index (χ0n) is 19.1. The largest absolute Gasteiger partial charge is 0.459 e. The molecule has 4 aliphatic carbocycles. The van der Waals surface area contributed by atoms with Crippen molar-refractivity contribution in [3.8, 4) is 0 Å². The van der Waals surface area contributed by atoms with Gasteiger partial charge in [-0.25, -0.2) is 4.79 Å². The minimum Gasteiger partial charge on any atom is -0.459 e. The predicted molar refractivity (Wildman–Crippen MR) is 121 cm³/mol. The van der Waals surface area contributed by atoms with Gasteiger partial charge in [0, 0.05) is 12.2 Å². The Morgan fingerprint density at radius 2 is 1.59 bits per heavy atom. The van der Waals surface area contributed by atoms with Gasteiger partial charge in [0.25, 0.3) is 0 Å². The number of carbonyl (C=O) groups is 3. The molecule has 0 radical (unpaired) electrons. The molecule has 4 saturated carbocycles. The molecule has 172 valence electrons. The molecular weight excluding hydrogens is 404 g/mol. The standard InChI is InChI=1S/C26H34N2O4/c1-16(2)32-24(30)20-5-7-21(8-6-20)27-23(29)22-4-3-9-28(22)25(31)26-13-17-10-18(14-26)12-19(11-17)15-26/h5-8,16-19,22H,3-4,9-15H2,1-2H3,(H,27,29)/t17?,18?,19?,22-,26?/m0/s1. The summed E-state index contributed by atoms with van der Waals surface area (Å²) >= 11 is 0. The second kappa shape index (κ2) is 8.20. The van der Waals surface area contributed by atoms with Crippen LogP contribution in [0.2, 0.25) is 0 Å². The Hall–Kier alpha value is -2.37. The van der Waals surface area contributed by atoms with Crippen LogP contribution >= 0.6 is 0 Å². The number of nitrogens with zero attached hydrogens (tertiary/aromatic N) is 1. The van der Waals surface area contributed by atoms with Crippen LogP contribution in [0.15, 0.2) is 24.3 Å². The van der Waals surface area contributed by atoms with Crippen LogP contribution in [0, 0.1) is 23.2 Å². The van der Waals surface area contributed by atoms with Crippen LogP contribution in [0.1, 0.15) is 75.6 Å². The molecule has 0 aromatic heterocycles. The zero-order chi connectivity index (χ0) is 22.5. The summed E-state index contributed by atoms with van der Waals surface area (Å²) in [7, 11) is 0. The summed E-state index contributed by atoms with van der Waals surface area (Å²) < 4.78 is 5.21. The second-order valence-corrected chi connectivity index (χ2v) is 10.9. The summed E-state index contributed by atoms with van der Waals surface area (Å²) in [5, 5.41) is 2.96. The van der Waals surface area contributed by atoms with E-state index in [0.29, 0.717) is 42.0 Å². The van der Waals surface area contributed by atoms with Crippen molar-refractivity contribution in [1.82, 2.24) is 4.90 Å². The Bertz CT molecular complexity index is 872. The van der Waals surface area contributed by atoms with E-state index < -0.39 is 6.04 Å². The maximum absolute atomic E-state index is 13.8. The first-order valence-electron chi connectivity index (χ1n) is 12.3. The average Bonchev–Trinajstić information content (AvgIpc) is 3.22. The van der Waals surface area contributed by atoms with Crippen LogP contribution < -0.4 is 5.32 Å². The van der Waals surface area contributed by atoms with E-state index in [2.05, 4.69) is 5.32 Å². The number of rotatable bonds is 5. The highest BCUT2D eigenvalue weighted by atomic mass is 16.5. The zero-order valence-corrected chi connectivity index (χ0v) is 19.1. The van der Waals surface area contributed by atoms with Gasteiger partial charge < -0.3 is 15.0 Å². The quantitative estimate of drug-likeness (QED) is 0.692. The van der Waals surface area contributed by atoms with Crippen molar-refractivity contribution >= 4 is 23.5 Å². The van der Waals surface area contributed by atoms with Gasteiger partial charge in [0.2, 0.25) is 11.8 Å². The molecule has 6 nitrogen and oxygen atoms in total. The Morgan fingerprint density at radius 1 is 1.00 bits per heavy atom. The van der Waals surface area contributed by atoms with E-state index in [1.54, 1.807) is 24.3 Å². The minimum absolute atomic E-state index is 0.127. The summed E-state index contributed by atoms with van der Waals surface area (Å²) in [5.74, 6) is 1.86. The van der Waals surface area contributed by atoms with E-state index in [4.69, 9.17) is 4.74 Å². The number of carbonyl (C=O) groups excluding carboxylic acids is 3. The van der Waals surface area contributed by atoms with Gasteiger partial charge in [0.1, 0.15) is 6.04 Å². The highest BCUT2D eigenvalue weighted by Crippen LogP contribution is 2.60. The fraction of sp³-hybridized carbons (Fsp3) is 0.654. The van der Waals surface area contributed by atoms with Crippen molar-refractivity contribution < 1.29 is 19.1 Å². The second-order valence-electron chi connectivity index (χ2n) is 10.9. The van der Waals surface area contributed by atoms with Gasteiger partial charge in [-0.2, -0.15) is 0 Å². The Morgan fingerprint density at radius 3 is 2.16 bits per heavy atom. The van der Waals surface area contributed by atoms with Gasteiger partial charge in [-0.3, -0.25) is 9.59 Å². The van der Waals surface area contributed by atoms with E-state index in [1.165, 1.54) is 19.3 Å². The maximum atomic E-state index is 13.8.